The van der Waals surface area contributed by atoms with Gasteiger partial charge in [0.15, 0.2) is 5.69 Å². The maximum absolute atomic E-state index is 14.4. The van der Waals surface area contributed by atoms with Crippen LogP contribution in [0.1, 0.15) is 5.69 Å². The zero-order chi connectivity index (χ0) is 27.6. The van der Waals surface area contributed by atoms with E-state index in [1.54, 1.807) is 24.3 Å². The summed E-state index contributed by atoms with van der Waals surface area (Å²) in [6, 6.07) is 11.6. The number of benzene rings is 2. The fourth-order valence-electron chi connectivity index (χ4n) is 4.36. The van der Waals surface area contributed by atoms with E-state index in [4.69, 9.17) is 16.3 Å². The Morgan fingerprint density at radius 3 is 2.54 bits per heavy atom. The van der Waals surface area contributed by atoms with Crippen LogP contribution in [0.2, 0.25) is 5.02 Å². The number of anilines is 2. The number of likely N-dealkylation sites (N-methyl/N-ethyl adjacent to an activating group) is 1. The number of rotatable bonds is 7. The lowest BCUT2D eigenvalue weighted by Crippen LogP contribution is -2.45. The number of piperazine rings is 1. The van der Waals surface area contributed by atoms with E-state index in [1.807, 2.05) is 0 Å². The first-order valence-corrected chi connectivity index (χ1v) is 12.6. The molecule has 204 valence electrons. The zero-order valence-electron chi connectivity index (χ0n) is 21.0. The minimum absolute atomic E-state index is 0.0651. The van der Waals surface area contributed by atoms with Gasteiger partial charge in [0.1, 0.15) is 18.2 Å². The summed E-state index contributed by atoms with van der Waals surface area (Å²) >= 11 is 5.96. The molecule has 1 aliphatic rings. The van der Waals surface area contributed by atoms with Crippen LogP contribution in [-0.4, -0.2) is 71.4 Å². The molecule has 2 aromatic carbocycles. The van der Waals surface area contributed by atoms with Crippen molar-refractivity contribution in [2.75, 3.05) is 51.7 Å². The van der Waals surface area contributed by atoms with Crippen LogP contribution in [0.3, 0.4) is 0 Å². The van der Waals surface area contributed by atoms with Gasteiger partial charge in [0.25, 0.3) is 0 Å². The van der Waals surface area contributed by atoms with Crippen molar-refractivity contribution in [3.05, 3.63) is 71.3 Å². The van der Waals surface area contributed by atoms with Crippen molar-refractivity contribution in [1.82, 2.24) is 25.0 Å². The summed E-state index contributed by atoms with van der Waals surface area (Å²) in [6.45, 7) is 5.33. The van der Waals surface area contributed by atoms with E-state index in [0.29, 0.717) is 28.9 Å². The quantitative estimate of drug-likeness (QED) is 0.283. The Hall–Kier alpha value is -3.54. The van der Waals surface area contributed by atoms with E-state index in [-0.39, 0.29) is 22.0 Å². The number of nitrogens with zero attached hydrogens (tertiary/aromatic N) is 5. The molecule has 12 heteroatoms. The highest BCUT2D eigenvalue weighted by Gasteiger charge is 2.37. The highest BCUT2D eigenvalue weighted by molar-refractivity contribution is 6.30. The fourth-order valence-corrected chi connectivity index (χ4v) is 4.53. The van der Waals surface area contributed by atoms with Crippen LogP contribution in [0.25, 0.3) is 22.2 Å². The second-order valence-corrected chi connectivity index (χ2v) is 9.71. The zero-order valence-corrected chi connectivity index (χ0v) is 21.7. The van der Waals surface area contributed by atoms with Crippen LogP contribution in [0.15, 0.2) is 54.7 Å². The summed E-state index contributed by atoms with van der Waals surface area (Å²) in [5, 5.41) is 10.6. The van der Waals surface area contributed by atoms with Gasteiger partial charge in [-0.25, -0.2) is 4.39 Å². The van der Waals surface area contributed by atoms with Gasteiger partial charge < -0.3 is 15.0 Å². The number of hydrogen-bond acceptors (Lipinski definition) is 7. The van der Waals surface area contributed by atoms with Crippen LogP contribution < -0.4 is 10.1 Å². The van der Waals surface area contributed by atoms with Gasteiger partial charge in [0, 0.05) is 66.6 Å². The monoisotopic (exact) mass is 560 g/mol. The molecule has 1 saturated heterocycles. The Bertz CT molecular complexity index is 1480. The number of hydrogen-bond donors (Lipinski definition) is 1. The molecule has 0 saturated carbocycles. The predicted molar refractivity (Wildman–Crippen MR) is 142 cm³/mol. The SMILES string of the molecule is CN1CCN(CCOc2ccc3c(Nc4cc(-c5cc(Cl)ccc5F)nnc4C(F)(F)F)ccnc3c2)CC1. The first-order chi connectivity index (χ1) is 18.7. The van der Waals surface area contributed by atoms with E-state index < -0.39 is 17.7 Å². The normalized spacial score (nSPS) is 15.0. The second kappa shape index (κ2) is 11.3. The van der Waals surface area contributed by atoms with Gasteiger partial charge in [-0.15, -0.1) is 10.2 Å². The van der Waals surface area contributed by atoms with Crippen LogP contribution in [0.5, 0.6) is 5.75 Å². The third kappa shape index (κ3) is 6.38. The number of nitrogens with one attached hydrogen (secondary N) is 1. The molecule has 39 heavy (non-hydrogen) atoms. The van der Waals surface area contributed by atoms with E-state index >= 15 is 0 Å². The molecule has 0 atom stereocenters. The minimum atomic E-state index is -4.80. The first-order valence-electron chi connectivity index (χ1n) is 12.3. The maximum atomic E-state index is 14.4. The van der Waals surface area contributed by atoms with Crippen LogP contribution in [0, 0.1) is 5.82 Å². The van der Waals surface area contributed by atoms with Crippen molar-refractivity contribution in [2.45, 2.75) is 6.18 Å². The van der Waals surface area contributed by atoms with Crippen molar-refractivity contribution >= 4 is 33.9 Å². The van der Waals surface area contributed by atoms with Gasteiger partial charge >= 0.3 is 6.18 Å². The lowest BCUT2D eigenvalue weighted by atomic mass is 10.1. The fraction of sp³-hybridized carbons (Fsp3) is 0.296. The number of halogens is 5. The minimum Gasteiger partial charge on any atom is -0.492 e. The molecule has 0 amide bonds. The largest absolute Gasteiger partial charge is 0.492 e. The summed E-state index contributed by atoms with van der Waals surface area (Å²) < 4.78 is 61.7. The third-order valence-corrected chi connectivity index (χ3v) is 6.76. The third-order valence-electron chi connectivity index (χ3n) is 6.52. The highest BCUT2D eigenvalue weighted by Crippen LogP contribution is 2.38. The summed E-state index contributed by atoms with van der Waals surface area (Å²) in [4.78, 5) is 8.98. The molecule has 0 aliphatic carbocycles. The molecule has 1 fully saturated rings. The molecule has 0 spiro atoms. The Morgan fingerprint density at radius 1 is 0.974 bits per heavy atom. The van der Waals surface area contributed by atoms with Gasteiger partial charge in [-0.05, 0) is 49.5 Å². The molecule has 5 rings (SSSR count). The average Bonchev–Trinajstić information content (AvgIpc) is 2.90. The molecule has 0 unspecified atom stereocenters. The van der Waals surface area contributed by atoms with E-state index in [2.05, 4.69) is 37.3 Å². The molecular formula is C27H25ClF4N6O. The Balaban J connectivity index is 1.39. The lowest BCUT2D eigenvalue weighted by Gasteiger charge is -2.32. The maximum Gasteiger partial charge on any atom is 0.437 e. The molecule has 1 aliphatic heterocycles. The molecule has 1 N–H and O–H groups in total. The number of fused-ring (bicyclic) bond motifs is 1. The Labute approximate surface area is 227 Å². The second-order valence-electron chi connectivity index (χ2n) is 9.27. The summed E-state index contributed by atoms with van der Waals surface area (Å²) in [6.07, 6.45) is -3.31. The Kier molecular flexibility index (Phi) is 7.83. The van der Waals surface area contributed by atoms with Crippen LogP contribution in [-0.2, 0) is 6.18 Å². The van der Waals surface area contributed by atoms with Crippen LogP contribution >= 0.6 is 11.6 Å². The summed E-state index contributed by atoms with van der Waals surface area (Å²) in [5.74, 6) is -0.0736. The van der Waals surface area contributed by atoms with E-state index in [1.165, 1.54) is 18.3 Å². The standard InChI is InChI=1S/C27H25ClF4N6O/c1-37-8-10-38(11-9-37)12-13-39-18-3-4-19-22(6-7-33-23(19)15-18)34-25-16-24(35-36-26(25)27(30,31)32)20-14-17(28)2-5-21(20)29/h2-7,14-16H,8-13H2,1H3,(H,33,34,35). The first kappa shape index (κ1) is 27.0. The molecule has 2 aromatic heterocycles. The molecule has 0 bridgehead atoms. The molecular weight excluding hydrogens is 536 g/mol. The van der Waals surface area contributed by atoms with Crippen LogP contribution in [0.4, 0.5) is 28.9 Å². The summed E-state index contributed by atoms with van der Waals surface area (Å²) in [7, 11) is 2.10. The van der Waals surface area contributed by atoms with Gasteiger partial charge in [0.05, 0.1) is 16.9 Å². The summed E-state index contributed by atoms with van der Waals surface area (Å²) in [5.41, 5.74) is -0.882. The Morgan fingerprint density at radius 2 is 1.77 bits per heavy atom. The van der Waals surface area contributed by atoms with Crippen molar-refractivity contribution in [3.63, 3.8) is 0 Å². The van der Waals surface area contributed by atoms with Gasteiger partial charge in [-0.1, -0.05) is 11.6 Å². The number of aromatic nitrogens is 3. The van der Waals surface area contributed by atoms with E-state index in [0.717, 1.165) is 44.9 Å². The topological polar surface area (TPSA) is 66.4 Å². The molecule has 4 aromatic rings. The van der Waals surface area contributed by atoms with Crippen molar-refractivity contribution < 1.29 is 22.3 Å². The van der Waals surface area contributed by atoms with E-state index in [9.17, 15) is 17.6 Å². The van der Waals surface area contributed by atoms with Crippen molar-refractivity contribution in [3.8, 4) is 17.0 Å². The van der Waals surface area contributed by atoms with Gasteiger partial charge in [-0.2, -0.15) is 13.2 Å². The number of pyridine rings is 1. The van der Waals surface area contributed by atoms with Gasteiger partial charge in [0.2, 0.25) is 0 Å². The smallest absolute Gasteiger partial charge is 0.437 e. The van der Waals surface area contributed by atoms with Crippen molar-refractivity contribution in [2.24, 2.45) is 0 Å². The molecule has 3 heterocycles. The average molecular weight is 561 g/mol. The molecule has 0 radical (unpaired) electrons. The highest BCUT2D eigenvalue weighted by atomic mass is 35.5. The molecule has 7 nitrogen and oxygen atoms in total. The number of alkyl halides is 3. The van der Waals surface area contributed by atoms with Crippen molar-refractivity contribution in [1.29, 1.82) is 0 Å². The lowest BCUT2D eigenvalue weighted by molar-refractivity contribution is -0.141. The predicted octanol–water partition coefficient (Wildman–Crippen LogP) is 5.87. The van der Waals surface area contributed by atoms with Gasteiger partial charge in [-0.3, -0.25) is 9.88 Å². The number of ether oxygens (including phenoxy) is 1.